The molecule has 1 fully saturated rings. The summed E-state index contributed by atoms with van der Waals surface area (Å²) in [6.45, 7) is 3.01. The van der Waals surface area contributed by atoms with Crippen molar-refractivity contribution >= 4 is 28.3 Å². The van der Waals surface area contributed by atoms with Crippen LogP contribution < -0.4 is 11.1 Å². The molecule has 1 aliphatic carbocycles. The Kier molecular flexibility index (Phi) is 5.19. The number of carbonyl (C=O) groups excluding carboxylic acids is 1. The van der Waals surface area contributed by atoms with Crippen LogP contribution in [-0.2, 0) is 4.74 Å². The van der Waals surface area contributed by atoms with Crippen LogP contribution in [0.5, 0.6) is 0 Å². The second kappa shape index (κ2) is 6.90. The van der Waals surface area contributed by atoms with Gasteiger partial charge in [0.2, 0.25) is 0 Å². The first-order valence-electron chi connectivity index (χ1n) is 6.94. The third-order valence-corrected chi connectivity index (χ3v) is 4.59. The van der Waals surface area contributed by atoms with Gasteiger partial charge in [-0.15, -0.1) is 0 Å². The number of esters is 1. The molecule has 7 heteroatoms. The molecule has 0 saturated heterocycles. The number of aromatic nitrogens is 1. The fourth-order valence-corrected chi connectivity index (χ4v) is 3.38. The minimum Gasteiger partial charge on any atom is -0.462 e. The van der Waals surface area contributed by atoms with Crippen LogP contribution in [0.25, 0.3) is 0 Å². The van der Waals surface area contributed by atoms with Gasteiger partial charge in [-0.3, -0.25) is 0 Å². The van der Waals surface area contributed by atoms with Gasteiger partial charge in [0.05, 0.1) is 6.61 Å². The molecule has 4 N–H and O–H groups in total. The van der Waals surface area contributed by atoms with Gasteiger partial charge >= 0.3 is 5.97 Å². The summed E-state index contributed by atoms with van der Waals surface area (Å²) >= 11 is 1.17. The summed E-state index contributed by atoms with van der Waals surface area (Å²) in [6.07, 6.45) is 3.31. The molecule has 112 valence electrons. The first kappa shape index (κ1) is 15.1. The minimum absolute atomic E-state index is 0.209. The normalized spacial score (nSPS) is 21.9. The van der Waals surface area contributed by atoms with E-state index in [0.29, 0.717) is 29.0 Å². The molecule has 0 radical (unpaired) electrons. The number of hydrogen-bond donors (Lipinski definition) is 3. The number of anilines is 2. The quantitative estimate of drug-likeness (QED) is 0.692. The molecule has 0 aliphatic heterocycles. The first-order chi connectivity index (χ1) is 9.67. The third-order valence-electron chi connectivity index (χ3n) is 3.77. The molecule has 2 unspecified atom stereocenters. The fourth-order valence-electron chi connectivity index (χ4n) is 2.67. The summed E-state index contributed by atoms with van der Waals surface area (Å²) in [7, 11) is 0. The van der Waals surface area contributed by atoms with Crippen LogP contribution in [0.4, 0.5) is 10.8 Å². The monoisotopic (exact) mass is 299 g/mol. The Morgan fingerprint density at radius 1 is 1.55 bits per heavy atom. The van der Waals surface area contributed by atoms with Crippen molar-refractivity contribution in [1.29, 1.82) is 0 Å². The van der Waals surface area contributed by atoms with Crippen molar-refractivity contribution in [3.05, 3.63) is 5.56 Å². The van der Waals surface area contributed by atoms with E-state index in [1.54, 1.807) is 6.92 Å². The lowest BCUT2D eigenvalue weighted by atomic mass is 9.97. The maximum Gasteiger partial charge on any atom is 0.344 e. The number of aliphatic hydroxyl groups is 1. The standard InChI is InChI=1S/C13H21N3O3S/c1-2-19-13(18)10-11(14)16-20-12(10)15-6-8-4-3-5-9(8)7-17/h8-9,15,17H,2-7H2,1H3,(H2,14,16). The number of aliphatic hydroxyl groups excluding tert-OH is 1. The highest BCUT2D eigenvalue weighted by molar-refractivity contribution is 7.11. The summed E-state index contributed by atoms with van der Waals surface area (Å²) in [4.78, 5) is 11.8. The summed E-state index contributed by atoms with van der Waals surface area (Å²) in [5, 5.41) is 13.2. The van der Waals surface area contributed by atoms with Crippen molar-refractivity contribution in [1.82, 2.24) is 4.37 Å². The van der Waals surface area contributed by atoms with Gasteiger partial charge in [0.1, 0.15) is 10.6 Å². The number of hydrogen-bond acceptors (Lipinski definition) is 7. The maximum atomic E-state index is 11.8. The van der Waals surface area contributed by atoms with Gasteiger partial charge in [-0.1, -0.05) is 6.42 Å². The molecule has 2 atom stereocenters. The lowest BCUT2D eigenvalue weighted by molar-refractivity contribution is 0.0529. The average Bonchev–Trinajstić information content (AvgIpc) is 3.02. The van der Waals surface area contributed by atoms with E-state index in [1.807, 2.05) is 0 Å². The smallest absolute Gasteiger partial charge is 0.344 e. The first-order valence-corrected chi connectivity index (χ1v) is 7.71. The van der Waals surface area contributed by atoms with Crippen molar-refractivity contribution in [2.24, 2.45) is 11.8 Å². The number of nitrogens with zero attached hydrogens (tertiary/aromatic N) is 1. The lowest BCUT2D eigenvalue weighted by Crippen LogP contribution is -2.21. The van der Waals surface area contributed by atoms with E-state index in [1.165, 1.54) is 11.5 Å². The van der Waals surface area contributed by atoms with Gasteiger partial charge in [-0.2, -0.15) is 4.37 Å². The van der Waals surface area contributed by atoms with Crippen molar-refractivity contribution in [2.45, 2.75) is 26.2 Å². The molecule has 0 aromatic carbocycles. The van der Waals surface area contributed by atoms with Crippen molar-refractivity contribution < 1.29 is 14.6 Å². The average molecular weight is 299 g/mol. The molecule has 1 aliphatic rings. The van der Waals surface area contributed by atoms with E-state index in [4.69, 9.17) is 10.5 Å². The van der Waals surface area contributed by atoms with Crippen LogP contribution in [0.15, 0.2) is 0 Å². The Balaban J connectivity index is 2.01. The van der Waals surface area contributed by atoms with E-state index in [9.17, 15) is 9.90 Å². The zero-order valence-electron chi connectivity index (χ0n) is 11.6. The molecule has 20 heavy (non-hydrogen) atoms. The van der Waals surface area contributed by atoms with Crippen molar-refractivity contribution in [3.63, 3.8) is 0 Å². The van der Waals surface area contributed by atoms with E-state index in [-0.39, 0.29) is 12.4 Å². The topological polar surface area (TPSA) is 97.5 Å². The van der Waals surface area contributed by atoms with E-state index in [0.717, 1.165) is 25.8 Å². The highest BCUT2D eigenvalue weighted by atomic mass is 32.1. The van der Waals surface area contributed by atoms with Gasteiger partial charge in [0, 0.05) is 13.2 Å². The van der Waals surface area contributed by atoms with Crippen molar-refractivity contribution in [2.75, 3.05) is 30.8 Å². The predicted molar refractivity (Wildman–Crippen MR) is 78.9 cm³/mol. The number of ether oxygens (including phenoxy) is 1. The zero-order valence-corrected chi connectivity index (χ0v) is 12.4. The molecule has 0 amide bonds. The third kappa shape index (κ3) is 3.21. The summed E-state index contributed by atoms with van der Waals surface area (Å²) in [5.74, 6) is 0.546. The second-order valence-electron chi connectivity index (χ2n) is 5.01. The van der Waals surface area contributed by atoms with Crippen molar-refractivity contribution in [3.8, 4) is 0 Å². The largest absolute Gasteiger partial charge is 0.462 e. The van der Waals surface area contributed by atoms with Crippen LogP contribution in [0.2, 0.25) is 0 Å². The number of nitrogen functional groups attached to an aromatic ring is 1. The molecule has 0 bridgehead atoms. The van der Waals surface area contributed by atoms with E-state index in [2.05, 4.69) is 9.69 Å². The SMILES string of the molecule is CCOC(=O)c1c(N)nsc1NCC1CCCC1CO. The molecule has 1 saturated carbocycles. The van der Waals surface area contributed by atoms with Crippen LogP contribution >= 0.6 is 11.5 Å². The molecular weight excluding hydrogens is 278 g/mol. The van der Waals surface area contributed by atoms with Gasteiger partial charge < -0.3 is 20.9 Å². The summed E-state index contributed by atoms with van der Waals surface area (Å²) in [6, 6.07) is 0. The fraction of sp³-hybridized carbons (Fsp3) is 0.692. The molecule has 1 aromatic heterocycles. The minimum atomic E-state index is -0.439. The zero-order chi connectivity index (χ0) is 14.5. The summed E-state index contributed by atoms with van der Waals surface area (Å²) in [5.41, 5.74) is 6.06. The molecule has 6 nitrogen and oxygen atoms in total. The number of nitrogens with two attached hydrogens (primary N) is 1. The van der Waals surface area contributed by atoms with Gasteiger partial charge in [0.25, 0.3) is 0 Å². The summed E-state index contributed by atoms with van der Waals surface area (Å²) < 4.78 is 9.00. The maximum absolute atomic E-state index is 11.8. The molecule has 1 heterocycles. The Hall–Kier alpha value is -1.34. The van der Waals surface area contributed by atoms with E-state index >= 15 is 0 Å². The second-order valence-corrected chi connectivity index (χ2v) is 5.78. The molecular formula is C13H21N3O3S. The highest BCUT2D eigenvalue weighted by Crippen LogP contribution is 2.33. The van der Waals surface area contributed by atoms with E-state index < -0.39 is 5.97 Å². The molecule has 2 rings (SSSR count). The predicted octanol–water partition coefficient (Wildman–Crippen LogP) is 1.72. The molecule has 0 spiro atoms. The Labute approximate surface area is 122 Å². The van der Waals surface area contributed by atoms with Crippen LogP contribution in [0.3, 0.4) is 0 Å². The number of carbonyl (C=O) groups is 1. The lowest BCUT2D eigenvalue weighted by Gasteiger charge is -2.18. The van der Waals surface area contributed by atoms with Crippen LogP contribution in [-0.4, -0.2) is 35.2 Å². The molecule has 1 aromatic rings. The number of rotatable bonds is 6. The Morgan fingerprint density at radius 3 is 3.00 bits per heavy atom. The number of nitrogens with one attached hydrogen (secondary N) is 1. The van der Waals surface area contributed by atoms with Gasteiger partial charge in [-0.05, 0) is 43.1 Å². The van der Waals surface area contributed by atoms with Gasteiger partial charge in [0.15, 0.2) is 5.82 Å². The highest BCUT2D eigenvalue weighted by Gasteiger charge is 2.27. The Morgan fingerprint density at radius 2 is 2.30 bits per heavy atom. The Bertz CT molecular complexity index is 464. The van der Waals surface area contributed by atoms with Crippen LogP contribution in [0.1, 0.15) is 36.5 Å². The van der Waals surface area contributed by atoms with Gasteiger partial charge in [-0.25, -0.2) is 4.79 Å². The van der Waals surface area contributed by atoms with Crippen LogP contribution in [0, 0.1) is 11.8 Å².